The molecule has 0 saturated carbocycles. The summed E-state index contributed by atoms with van der Waals surface area (Å²) in [6, 6.07) is 4.17. The number of likely N-dealkylation sites (N-methyl/N-ethyl adjacent to an activating group) is 1. The second-order valence-electron chi connectivity index (χ2n) is 3.36. The van der Waals surface area contributed by atoms with E-state index < -0.39 is 0 Å². The summed E-state index contributed by atoms with van der Waals surface area (Å²) in [7, 11) is 2.06. The molecule has 1 unspecified atom stereocenters. The number of hydrogen-bond donors (Lipinski definition) is 1. The minimum atomic E-state index is 0.235. The Kier molecular flexibility index (Phi) is 2.70. The Morgan fingerprint density at radius 3 is 3.21 bits per heavy atom. The van der Waals surface area contributed by atoms with Gasteiger partial charge in [-0.3, -0.25) is 5.32 Å². The number of hydrogen-bond acceptors (Lipinski definition) is 3. The van der Waals surface area contributed by atoms with Crippen LogP contribution in [0.4, 0.5) is 0 Å². The molecule has 2 heterocycles. The lowest BCUT2D eigenvalue weighted by Crippen LogP contribution is -2.44. The molecule has 2 rings (SSSR count). The zero-order valence-electron chi connectivity index (χ0n) is 8.23. The molecule has 1 aliphatic heterocycles. The van der Waals surface area contributed by atoms with Gasteiger partial charge in [-0.1, -0.05) is 18.7 Å². The number of thiophene rings is 1. The first-order valence-corrected chi connectivity index (χ1v) is 5.51. The molecule has 1 aromatic heterocycles. The third kappa shape index (κ3) is 1.74. The molecule has 0 aromatic carbocycles. The quantitative estimate of drug-likeness (QED) is 0.797. The Bertz CT molecular complexity index is 340. The molecule has 1 aliphatic rings. The first-order valence-electron chi connectivity index (χ1n) is 4.63. The van der Waals surface area contributed by atoms with Gasteiger partial charge in [0.25, 0.3) is 0 Å². The maximum atomic E-state index is 4.14. The summed E-state index contributed by atoms with van der Waals surface area (Å²) in [6.07, 6.45) is 4.44. The highest BCUT2D eigenvalue weighted by Crippen LogP contribution is 2.23. The Morgan fingerprint density at radius 2 is 2.57 bits per heavy atom. The van der Waals surface area contributed by atoms with Crippen LogP contribution in [0.15, 0.2) is 36.4 Å². The van der Waals surface area contributed by atoms with E-state index in [1.54, 1.807) is 11.3 Å². The van der Waals surface area contributed by atoms with Gasteiger partial charge in [-0.05, 0) is 23.2 Å². The van der Waals surface area contributed by atoms with Gasteiger partial charge in [0.05, 0.1) is 0 Å². The van der Waals surface area contributed by atoms with Crippen LogP contribution >= 0.6 is 11.3 Å². The zero-order valence-corrected chi connectivity index (χ0v) is 9.05. The van der Waals surface area contributed by atoms with Gasteiger partial charge < -0.3 is 4.90 Å². The van der Waals surface area contributed by atoms with Crippen LogP contribution in [0.25, 0.3) is 5.57 Å². The van der Waals surface area contributed by atoms with Gasteiger partial charge in [0.2, 0.25) is 0 Å². The minimum absolute atomic E-state index is 0.235. The van der Waals surface area contributed by atoms with E-state index in [4.69, 9.17) is 0 Å². The van der Waals surface area contributed by atoms with Crippen LogP contribution in [-0.2, 0) is 0 Å². The van der Waals surface area contributed by atoms with Gasteiger partial charge in [0, 0.05) is 18.5 Å². The molecule has 2 nitrogen and oxygen atoms in total. The smallest absolute Gasteiger partial charge is 0.106 e. The van der Waals surface area contributed by atoms with Gasteiger partial charge in [0.15, 0.2) is 0 Å². The standard InChI is InChI=1S/C11H14N2S/c1-9(10-5-3-8-14-10)11-12-6-4-7-13(11)2/h3-5,7-8,11-12H,1,6H2,2H3. The Hall–Kier alpha value is -1.06. The van der Waals surface area contributed by atoms with E-state index in [0.717, 1.165) is 12.1 Å². The van der Waals surface area contributed by atoms with Gasteiger partial charge in [-0.2, -0.15) is 0 Å². The molecule has 0 radical (unpaired) electrons. The van der Waals surface area contributed by atoms with E-state index >= 15 is 0 Å². The van der Waals surface area contributed by atoms with Crippen LogP contribution in [0.2, 0.25) is 0 Å². The molecule has 1 aromatic rings. The Labute approximate surface area is 88.6 Å². The minimum Gasteiger partial charge on any atom is -0.361 e. The van der Waals surface area contributed by atoms with E-state index in [1.807, 2.05) is 0 Å². The highest BCUT2D eigenvalue weighted by atomic mass is 32.1. The van der Waals surface area contributed by atoms with Crippen LogP contribution < -0.4 is 5.32 Å². The van der Waals surface area contributed by atoms with Crippen molar-refractivity contribution in [2.24, 2.45) is 0 Å². The summed E-state index contributed by atoms with van der Waals surface area (Å²) in [5, 5.41) is 5.49. The maximum Gasteiger partial charge on any atom is 0.106 e. The van der Waals surface area contributed by atoms with E-state index in [9.17, 15) is 0 Å². The highest BCUT2D eigenvalue weighted by molar-refractivity contribution is 7.11. The molecular formula is C11H14N2S. The fourth-order valence-electron chi connectivity index (χ4n) is 1.59. The van der Waals surface area contributed by atoms with Crippen molar-refractivity contribution in [2.45, 2.75) is 6.17 Å². The highest BCUT2D eigenvalue weighted by Gasteiger charge is 2.18. The molecule has 0 spiro atoms. The SMILES string of the molecule is C=C(c1cccs1)C1NCC=CN1C. The van der Waals surface area contributed by atoms with E-state index in [2.05, 4.69) is 53.6 Å². The summed E-state index contributed by atoms with van der Waals surface area (Å²) in [5.74, 6) is 0. The van der Waals surface area contributed by atoms with Crippen LogP contribution in [0.5, 0.6) is 0 Å². The van der Waals surface area contributed by atoms with Crippen molar-refractivity contribution < 1.29 is 0 Å². The third-order valence-electron chi connectivity index (χ3n) is 2.34. The van der Waals surface area contributed by atoms with Gasteiger partial charge in [-0.15, -0.1) is 11.3 Å². The molecule has 0 saturated heterocycles. The average molecular weight is 206 g/mol. The second-order valence-corrected chi connectivity index (χ2v) is 4.31. The Morgan fingerprint density at radius 1 is 1.71 bits per heavy atom. The number of nitrogens with zero attached hydrogens (tertiary/aromatic N) is 1. The lowest BCUT2D eigenvalue weighted by Gasteiger charge is -2.31. The van der Waals surface area contributed by atoms with Crippen molar-refractivity contribution >= 4 is 16.9 Å². The fraction of sp³-hybridized carbons (Fsp3) is 0.273. The monoisotopic (exact) mass is 206 g/mol. The van der Waals surface area contributed by atoms with Crippen molar-refractivity contribution in [2.75, 3.05) is 13.6 Å². The molecule has 0 amide bonds. The molecule has 14 heavy (non-hydrogen) atoms. The largest absolute Gasteiger partial charge is 0.361 e. The zero-order chi connectivity index (χ0) is 9.97. The molecule has 3 heteroatoms. The molecule has 0 bridgehead atoms. The second kappa shape index (κ2) is 3.98. The van der Waals surface area contributed by atoms with Crippen LogP contribution in [0, 0.1) is 0 Å². The number of rotatable bonds is 2. The van der Waals surface area contributed by atoms with Gasteiger partial charge in [0.1, 0.15) is 6.17 Å². The molecule has 1 atom stereocenters. The van der Waals surface area contributed by atoms with Crippen molar-refractivity contribution in [3.63, 3.8) is 0 Å². The van der Waals surface area contributed by atoms with E-state index in [-0.39, 0.29) is 6.17 Å². The predicted molar refractivity (Wildman–Crippen MR) is 62.0 cm³/mol. The summed E-state index contributed by atoms with van der Waals surface area (Å²) in [6.45, 7) is 5.06. The van der Waals surface area contributed by atoms with Gasteiger partial charge in [-0.25, -0.2) is 0 Å². The Balaban J connectivity index is 2.16. The van der Waals surface area contributed by atoms with E-state index in [1.165, 1.54) is 4.88 Å². The first-order chi connectivity index (χ1) is 6.79. The third-order valence-corrected chi connectivity index (χ3v) is 3.29. The van der Waals surface area contributed by atoms with E-state index in [0.29, 0.717) is 0 Å². The lowest BCUT2D eigenvalue weighted by molar-refractivity contribution is 0.331. The first kappa shape index (κ1) is 9.49. The van der Waals surface area contributed by atoms with Crippen molar-refractivity contribution in [3.8, 4) is 0 Å². The van der Waals surface area contributed by atoms with Crippen molar-refractivity contribution in [1.82, 2.24) is 10.2 Å². The molecule has 0 aliphatic carbocycles. The van der Waals surface area contributed by atoms with Crippen LogP contribution in [0.1, 0.15) is 4.88 Å². The van der Waals surface area contributed by atoms with Crippen molar-refractivity contribution in [3.05, 3.63) is 41.2 Å². The lowest BCUT2D eigenvalue weighted by atomic mass is 10.1. The summed E-state index contributed by atoms with van der Waals surface area (Å²) in [5.41, 5.74) is 1.15. The topological polar surface area (TPSA) is 15.3 Å². The van der Waals surface area contributed by atoms with Crippen molar-refractivity contribution in [1.29, 1.82) is 0 Å². The molecule has 74 valence electrons. The average Bonchev–Trinajstić information content (AvgIpc) is 2.70. The summed E-state index contributed by atoms with van der Waals surface area (Å²) >= 11 is 1.74. The summed E-state index contributed by atoms with van der Waals surface area (Å²) < 4.78 is 0. The maximum absolute atomic E-state index is 4.14. The van der Waals surface area contributed by atoms with Crippen LogP contribution in [0.3, 0.4) is 0 Å². The van der Waals surface area contributed by atoms with Gasteiger partial charge >= 0.3 is 0 Å². The molecule has 0 fully saturated rings. The number of nitrogens with one attached hydrogen (secondary N) is 1. The molecule has 1 N–H and O–H groups in total. The fourth-order valence-corrected chi connectivity index (χ4v) is 2.32. The molecular weight excluding hydrogens is 192 g/mol. The predicted octanol–water partition coefficient (Wildman–Crippen LogP) is 2.14. The normalized spacial score (nSPS) is 21.2. The van der Waals surface area contributed by atoms with Crippen LogP contribution in [-0.4, -0.2) is 24.7 Å². The summed E-state index contributed by atoms with van der Waals surface area (Å²) in [4.78, 5) is 3.40.